The summed E-state index contributed by atoms with van der Waals surface area (Å²) in [5.41, 5.74) is 3.65. The minimum atomic E-state index is -0.485. The largest absolute Gasteiger partial charge is 0.333 e. The lowest BCUT2D eigenvalue weighted by Gasteiger charge is -2.09. The lowest BCUT2D eigenvalue weighted by molar-refractivity contribution is -0.108. The monoisotopic (exact) mass is 364 g/mol. The van der Waals surface area contributed by atoms with Crippen molar-refractivity contribution in [3.8, 4) is 0 Å². The smallest absolute Gasteiger partial charge is 0.211 e. The van der Waals surface area contributed by atoms with E-state index in [9.17, 15) is 13.6 Å². The minimum absolute atomic E-state index is 0.422. The minimum Gasteiger partial charge on any atom is -0.333 e. The Labute approximate surface area is 155 Å². The van der Waals surface area contributed by atoms with Crippen molar-refractivity contribution >= 4 is 6.41 Å². The van der Waals surface area contributed by atoms with Gasteiger partial charge in [-0.2, -0.15) is 0 Å². The normalized spacial score (nSPS) is 15.8. The molecule has 0 aromatic heterocycles. The summed E-state index contributed by atoms with van der Waals surface area (Å²) in [6.07, 6.45) is 7.14. The van der Waals surface area contributed by atoms with Crippen molar-refractivity contribution in [1.29, 1.82) is 0 Å². The third-order valence-corrected chi connectivity index (χ3v) is 4.50. The first kappa shape index (κ1) is 22.0. The molecule has 0 saturated carbocycles. The molecule has 1 heterocycles. The maximum absolute atomic E-state index is 13.1. The second kappa shape index (κ2) is 10.9. The summed E-state index contributed by atoms with van der Waals surface area (Å²) in [4.78, 5) is 12.1. The highest BCUT2D eigenvalue weighted by molar-refractivity contribution is 5.49. The van der Waals surface area contributed by atoms with Gasteiger partial charge in [0.05, 0.1) is 0 Å². The van der Waals surface area contributed by atoms with Crippen LogP contribution in [0.15, 0.2) is 35.6 Å². The average Bonchev–Trinajstić information content (AvgIpc) is 2.94. The summed E-state index contributed by atoms with van der Waals surface area (Å²) in [6, 6.07) is 2.35. The zero-order valence-corrected chi connectivity index (χ0v) is 16.4. The molecule has 1 unspecified atom stereocenters. The molecule has 3 nitrogen and oxygen atoms in total. The molecule has 1 aliphatic heterocycles. The Bertz CT molecular complexity index is 668. The molecular formula is C21H30F2N2O. The fourth-order valence-corrected chi connectivity index (χ4v) is 2.81. The van der Waals surface area contributed by atoms with Crippen LogP contribution >= 0.6 is 0 Å². The third kappa shape index (κ3) is 7.08. The van der Waals surface area contributed by atoms with Gasteiger partial charge in [0.1, 0.15) is 11.6 Å². The molecule has 0 saturated heterocycles. The molecule has 1 aliphatic rings. The number of carbonyl (C=O) groups is 1. The standard InChI is InChI=1S/C12H21NO.C9H9F2N/c1-5-6-10(2)11(3)7-8-12(4)13-9-14;1-12-4-6-2-7(10)3-9(11)8(6)5-12/h7-10H,5-6H2,1-4H3,(H,13,14);2-3H,4-5H2,1H3/b11-7+,12-8+;. The number of hydrogen-bond donors (Lipinski definition) is 1. The van der Waals surface area contributed by atoms with E-state index in [-0.39, 0.29) is 0 Å². The summed E-state index contributed by atoms with van der Waals surface area (Å²) in [6.45, 7) is 9.66. The quantitative estimate of drug-likeness (QED) is 0.573. The SMILES string of the molecule is CCCC(C)/C(C)=C/C=C(\C)NC=O.CN1Cc2cc(F)cc(F)c2C1. The van der Waals surface area contributed by atoms with Gasteiger partial charge < -0.3 is 5.32 Å². The number of nitrogens with zero attached hydrogens (tertiary/aromatic N) is 1. The van der Waals surface area contributed by atoms with Gasteiger partial charge in [0, 0.05) is 30.4 Å². The number of nitrogens with one attached hydrogen (secondary N) is 1. The Morgan fingerprint density at radius 2 is 1.96 bits per heavy atom. The molecule has 0 aliphatic carbocycles. The fourth-order valence-electron chi connectivity index (χ4n) is 2.81. The van der Waals surface area contributed by atoms with Crippen molar-refractivity contribution in [3.63, 3.8) is 0 Å². The fraction of sp³-hybridized carbons (Fsp3) is 0.476. The summed E-state index contributed by atoms with van der Waals surface area (Å²) in [5, 5.41) is 2.61. The Morgan fingerprint density at radius 3 is 2.58 bits per heavy atom. The van der Waals surface area contributed by atoms with Crippen molar-refractivity contribution < 1.29 is 13.6 Å². The van der Waals surface area contributed by atoms with Gasteiger partial charge in [0.25, 0.3) is 0 Å². The highest BCUT2D eigenvalue weighted by Crippen LogP contribution is 2.24. The first-order valence-electron chi connectivity index (χ1n) is 8.99. The van der Waals surface area contributed by atoms with Crippen molar-refractivity contribution in [2.45, 2.75) is 53.6 Å². The van der Waals surface area contributed by atoms with Crippen LogP contribution < -0.4 is 5.32 Å². The van der Waals surface area contributed by atoms with E-state index in [1.807, 2.05) is 24.9 Å². The molecule has 1 aromatic rings. The van der Waals surface area contributed by atoms with Crippen molar-refractivity contribution in [2.24, 2.45) is 5.92 Å². The Kier molecular flexibility index (Phi) is 9.21. The molecule has 0 radical (unpaired) electrons. The average molecular weight is 364 g/mol. The van der Waals surface area contributed by atoms with E-state index in [2.05, 4.69) is 32.2 Å². The first-order valence-corrected chi connectivity index (χ1v) is 8.99. The molecule has 5 heteroatoms. The van der Waals surface area contributed by atoms with Gasteiger partial charge in [-0.3, -0.25) is 9.69 Å². The van der Waals surface area contributed by atoms with Crippen molar-refractivity contribution in [3.05, 3.63) is 58.3 Å². The van der Waals surface area contributed by atoms with Crippen LogP contribution in [0.2, 0.25) is 0 Å². The van der Waals surface area contributed by atoms with Gasteiger partial charge in [-0.05, 0) is 50.9 Å². The number of hydrogen-bond acceptors (Lipinski definition) is 2. The Balaban J connectivity index is 0.000000262. The van der Waals surface area contributed by atoms with Crippen molar-refractivity contribution in [2.75, 3.05) is 7.05 Å². The van der Waals surface area contributed by atoms with Crippen molar-refractivity contribution in [1.82, 2.24) is 10.2 Å². The second-order valence-electron chi connectivity index (χ2n) is 6.91. The van der Waals surface area contributed by atoms with E-state index >= 15 is 0 Å². The highest BCUT2D eigenvalue weighted by atomic mass is 19.1. The van der Waals surface area contributed by atoms with Crippen LogP contribution in [-0.4, -0.2) is 18.4 Å². The molecule has 0 fully saturated rings. The second-order valence-corrected chi connectivity index (χ2v) is 6.91. The van der Waals surface area contributed by atoms with Gasteiger partial charge in [-0.25, -0.2) is 8.78 Å². The topological polar surface area (TPSA) is 32.3 Å². The van der Waals surface area contributed by atoms with E-state index < -0.39 is 11.6 Å². The van der Waals surface area contributed by atoms with E-state index in [4.69, 9.17) is 0 Å². The number of allylic oxidation sites excluding steroid dienone is 4. The van der Waals surface area contributed by atoms with Crippen LogP contribution in [0, 0.1) is 17.6 Å². The molecule has 144 valence electrons. The molecule has 2 rings (SSSR count). The van der Waals surface area contributed by atoms with Crippen LogP contribution in [0.5, 0.6) is 0 Å². The van der Waals surface area contributed by atoms with Gasteiger partial charge in [0.15, 0.2) is 0 Å². The number of amides is 1. The van der Waals surface area contributed by atoms with Gasteiger partial charge in [0.2, 0.25) is 6.41 Å². The summed E-state index contributed by atoms with van der Waals surface area (Å²) >= 11 is 0. The number of benzene rings is 1. The zero-order chi connectivity index (χ0) is 19.7. The van der Waals surface area contributed by atoms with Crippen LogP contribution in [-0.2, 0) is 17.9 Å². The molecule has 1 atom stereocenters. The molecule has 1 amide bonds. The predicted octanol–water partition coefficient (Wildman–Crippen LogP) is 4.93. The third-order valence-electron chi connectivity index (χ3n) is 4.50. The van der Waals surface area contributed by atoms with Crippen LogP contribution in [0.1, 0.15) is 51.7 Å². The van der Waals surface area contributed by atoms with E-state index in [1.165, 1.54) is 24.5 Å². The molecule has 26 heavy (non-hydrogen) atoms. The molecule has 0 spiro atoms. The van der Waals surface area contributed by atoms with Crippen LogP contribution in [0.25, 0.3) is 0 Å². The highest BCUT2D eigenvalue weighted by Gasteiger charge is 2.19. The van der Waals surface area contributed by atoms with E-state index in [1.54, 1.807) is 0 Å². The number of carbonyl (C=O) groups excluding carboxylic acids is 1. The lowest BCUT2D eigenvalue weighted by Crippen LogP contribution is -2.07. The van der Waals surface area contributed by atoms with E-state index in [0.717, 1.165) is 17.3 Å². The molecule has 1 aromatic carbocycles. The number of rotatable bonds is 6. The number of halogens is 2. The zero-order valence-electron chi connectivity index (χ0n) is 16.4. The maximum Gasteiger partial charge on any atom is 0.211 e. The van der Waals surface area contributed by atoms with Gasteiger partial charge in [-0.15, -0.1) is 0 Å². The van der Waals surface area contributed by atoms with E-state index in [0.29, 0.717) is 31.0 Å². The van der Waals surface area contributed by atoms with Crippen LogP contribution in [0.4, 0.5) is 8.78 Å². The summed E-state index contributed by atoms with van der Waals surface area (Å²) in [7, 11) is 1.89. The maximum atomic E-state index is 13.1. The molecule has 1 N–H and O–H groups in total. The molecular weight excluding hydrogens is 334 g/mol. The lowest BCUT2D eigenvalue weighted by atomic mass is 9.97. The summed E-state index contributed by atoms with van der Waals surface area (Å²) < 4.78 is 25.7. The Morgan fingerprint density at radius 1 is 1.27 bits per heavy atom. The van der Waals surface area contributed by atoms with Crippen LogP contribution in [0.3, 0.4) is 0 Å². The number of fused-ring (bicyclic) bond motifs is 1. The summed E-state index contributed by atoms with van der Waals surface area (Å²) in [5.74, 6) is -0.281. The van der Waals surface area contributed by atoms with Gasteiger partial charge >= 0.3 is 0 Å². The first-order chi connectivity index (χ1) is 12.3. The predicted molar refractivity (Wildman–Crippen MR) is 102 cm³/mol. The van der Waals surface area contributed by atoms with Gasteiger partial charge in [-0.1, -0.05) is 31.9 Å². The Hall–Kier alpha value is -2.01. The molecule has 0 bridgehead atoms.